The summed E-state index contributed by atoms with van der Waals surface area (Å²) in [6, 6.07) is 0. The van der Waals surface area contributed by atoms with E-state index in [2.05, 4.69) is 0 Å². The van der Waals surface area contributed by atoms with Crippen LogP contribution in [-0.2, 0) is 34.0 Å². The highest BCUT2D eigenvalue weighted by Crippen LogP contribution is 2.63. The molecule has 1 fully saturated rings. The smallest absolute Gasteiger partial charge is 0.392 e. The summed E-state index contributed by atoms with van der Waals surface area (Å²) in [5.74, 6) is -55.6. The summed E-state index contributed by atoms with van der Waals surface area (Å²) in [5.41, 5.74) is 0. The first-order valence-electron chi connectivity index (χ1n) is 10.3. The van der Waals surface area contributed by atoms with Crippen LogP contribution in [0, 0.1) is 0 Å². The van der Waals surface area contributed by atoms with Crippen molar-refractivity contribution in [2.24, 2.45) is 0 Å². The minimum Gasteiger partial charge on any atom is -0.392 e. The van der Waals surface area contributed by atoms with Gasteiger partial charge < -0.3 is 9.47 Å². The Morgan fingerprint density at radius 1 is 0.620 bits per heavy atom. The van der Waals surface area contributed by atoms with Crippen molar-refractivity contribution < 1.29 is 150 Å². The highest BCUT2D eigenvalue weighted by molar-refractivity contribution is 7.87. The monoisotopic (exact) mass is 838 g/mol. The number of carbonyl (C=O) groups is 1. The number of rotatable bonds is 11. The lowest BCUT2D eigenvalue weighted by Gasteiger charge is -2.38. The molecule has 0 bridgehead atoms. The molecular weight excluding hydrogens is 837 g/mol. The second-order valence-corrected chi connectivity index (χ2v) is 10.1. The molecule has 1 rings (SSSR count). The average molecular weight is 838 g/mol. The third-order valence-electron chi connectivity index (χ3n) is 5.28. The SMILES string of the molecule is O=C(OC(F)(F)C1(C(F)(F)F)OC(C(F)(F)C(F)(F)C(F)(F)C(F)(F)S(=O)(=O)F)C(F)(F)O1)C(F)(OC(F)(F)C(F)(F)C(F)(F)F)C(F)(F)F. The molecule has 0 saturated carbocycles. The molecule has 0 spiro atoms. The fourth-order valence-corrected chi connectivity index (χ4v) is 3.22. The number of carbonyl (C=O) groups excluding carboxylic acids is 1. The maximum atomic E-state index is 14.4. The summed E-state index contributed by atoms with van der Waals surface area (Å²) in [7, 11) is -8.61. The predicted octanol–water partition coefficient (Wildman–Crippen LogP) is 7.22. The van der Waals surface area contributed by atoms with Crippen LogP contribution in [-0.4, -0.2) is 97.9 Å². The molecule has 1 saturated heterocycles. The molecule has 0 aliphatic carbocycles. The van der Waals surface area contributed by atoms with Crippen LogP contribution in [0.4, 0.5) is 118 Å². The van der Waals surface area contributed by atoms with Crippen LogP contribution in [0.1, 0.15) is 0 Å². The summed E-state index contributed by atoms with van der Waals surface area (Å²) in [4.78, 5) is 11.4. The minimum atomic E-state index is -8.80. The Morgan fingerprint density at radius 2 is 1.02 bits per heavy atom. The first-order chi connectivity index (χ1) is 21.1. The van der Waals surface area contributed by atoms with E-state index in [1.54, 1.807) is 4.74 Å². The number of alkyl halides is 26. The van der Waals surface area contributed by atoms with E-state index >= 15 is 0 Å². The third-order valence-corrected chi connectivity index (χ3v) is 6.15. The Kier molecular flexibility index (Phi) is 10.4. The maximum absolute atomic E-state index is 14.4. The Labute approximate surface area is 251 Å². The van der Waals surface area contributed by atoms with Crippen molar-refractivity contribution in [3.05, 3.63) is 0 Å². The van der Waals surface area contributed by atoms with E-state index in [9.17, 15) is 131 Å². The van der Waals surface area contributed by atoms with Gasteiger partial charge in [-0.3, -0.25) is 9.47 Å². The zero-order valence-electron chi connectivity index (χ0n) is 21.0. The molecule has 298 valence electrons. The van der Waals surface area contributed by atoms with Crippen molar-refractivity contribution in [3.8, 4) is 0 Å². The molecule has 0 aromatic rings. The molecule has 1 aliphatic heterocycles. The Hall–Kier alpha value is -2.59. The molecule has 3 atom stereocenters. The van der Waals surface area contributed by atoms with Crippen LogP contribution in [0.2, 0.25) is 0 Å². The summed E-state index contributed by atoms with van der Waals surface area (Å²) in [6.07, 6.45) is -55.0. The molecule has 7 nitrogen and oxygen atoms in total. The lowest BCUT2D eigenvalue weighted by molar-refractivity contribution is -0.493. The largest absolute Gasteiger partial charge is 0.466 e. The number of hydrogen-bond acceptors (Lipinski definition) is 7. The highest BCUT2D eigenvalue weighted by Gasteiger charge is 2.93. The highest BCUT2D eigenvalue weighted by atomic mass is 32.3. The second kappa shape index (κ2) is 11.5. The number of halogens is 27. The Balaban J connectivity index is 3.94. The molecule has 0 N–H and O–H groups in total. The van der Waals surface area contributed by atoms with E-state index in [1.807, 2.05) is 9.47 Å². The Morgan fingerprint density at radius 3 is 1.34 bits per heavy atom. The first kappa shape index (κ1) is 45.4. The molecule has 0 radical (unpaired) electrons. The maximum Gasteiger partial charge on any atom is 0.466 e. The summed E-state index contributed by atoms with van der Waals surface area (Å²) in [6.45, 7) is 0. The summed E-state index contributed by atoms with van der Waals surface area (Å²) in [5, 5.41) is -8.23. The molecule has 35 heteroatoms. The third kappa shape index (κ3) is 6.39. The van der Waals surface area contributed by atoms with E-state index < -0.39 is 99.7 Å². The standard InChI is InChI=1S/C15HF27O7S/c16-3(17,6(21,22)7(23,24)15(40,41)50(42,44)45)1-5(19,20)49-9(46-1,12(33,34)35)14(38,39)47-2(43)4(18,10(27,28)29)48-13(36,37)8(25,26)11(30,31)32/h1H. The zero-order chi connectivity index (χ0) is 41.0. The molecule has 0 aromatic heterocycles. The van der Waals surface area contributed by atoms with Gasteiger partial charge in [-0.05, 0) is 0 Å². The van der Waals surface area contributed by atoms with Gasteiger partial charge in [-0.15, -0.1) is 0 Å². The van der Waals surface area contributed by atoms with Crippen LogP contribution in [0.15, 0.2) is 0 Å². The van der Waals surface area contributed by atoms with Crippen LogP contribution in [0.25, 0.3) is 0 Å². The Bertz CT molecular complexity index is 1410. The molecule has 3 unspecified atom stereocenters. The fourth-order valence-electron chi connectivity index (χ4n) is 2.79. The van der Waals surface area contributed by atoms with E-state index in [1.165, 1.54) is 4.74 Å². The summed E-state index contributed by atoms with van der Waals surface area (Å²) >= 11 is 0. The van der Waals surface area contributed by atoms with Gasteiger partial charge in [0, 0.05) is 0 Å². The second-order valence-electron chi connectivity index (χ2n) is 8.69. The lowest BCUT2D eigenvalue weighted by Crippen LogP contribution is -2.69. The zero-order valence-corrected chi connectivity index (χ0v) is 21.9. The molecule has 0 aromatic carbocycles. The average Bonchev–Trinajstić information content (AvgIpc) is 3.14. The van der Waals surface area contributed by atoms with Crippen LogP contribution in [0.3, 0.4) is 0 Å². The lowest BCUT2D eigenvalue weighted by atomic mass is 9.98. The van der Waals surface area contributed by atoms with Gasteiger partial charge in [-0.25, -0.2) is 4.79 Å². The number of esters is 1. The van der Waals surface area contributed by atoms with Crippen molar-refractivity contribution in [1.29, 1.82) is 0 Å². The van der Waals surface area contributed by atoms with Gasteiger partial charge >= 0.3 is 93.6 Å². The van der Waals surface area contributed by atoms with Gasteiger partial charge in [-0.2, -0.15) is 123 Å². The van der Waals surface area contributed by atoms with Crippen LogP contribution < -0.4 is 0 Å². The van der Waals surface area contributed by atoms with Crippen molar-refractivity contribution in [2.75, 3.05) is 0 Å². The van der Waals surface area contributed by atoms with Gasteiger partial charge in [0.05, 0.1) is 0 Å². The molecule has 0 amide bonds. The quantitative estimate of drug-likeness (QED) is 0.123. The molecular formula is C15HF27O7S. The van der Waals surface area contributed by atoms with Crippen LogP contribution in [0.5, 0.6) is 0 Å². The van der Waals surface area contributed by atoms with Crippen molar-refractivity contribution in [1.82, 2.24) is 0 Å². The topological polar surface area (TPSA) is 88.1 Å². The van der Waals surface area contributed by atoms with Crippen molar-refractivity contribution >= 4 is 16.2 Å². The first-order valence-corrected chi connectivity index (χ1v) is 11.7. The summed E-state index contributed by atoms with van der Waals surface area (Å²) < 4.78 is 387. The van der Waals surface area contributed by atoms with Gasteiger partial charge in [0.1, 0.15) is 0 Å². The van der Waals surface area contributed by atoms with Gasteiger partial charge in [-0.1, -0.05) is 3.89 Å². The fraction of sp³-hybridized carbons (Fsp3) is 0.933. The number of hydrogen-bond donors (Lipinski definition) is 0. The number of ether oxygens (including phenoxy) is 4. The van der Waals surface area contributed by atoms with Crippen molar-refractivity contribution in [2.45, 2.75) is 83.5 Å². The van der Waals surface area contributed by atoms with E-state index in [-0.39, 0.29) is 0 Å². The molecule has 50 heavy (non-hydrogen) atoms. The van der Waals surface area contributed by atoms with E-state index in [4.69, 9.17) is 0 Å². The van der Waals surface area contributed by atoms with Gasteiger partial charge in [0.15, 0.2) is 0 Å². The normalized spacial score (nSPS) is 23.9. The molecule has 1 aliphatic rings. The predicted molar refractivity (Wildman–Crippen MR) is 87.5 cm³/mol. The van der Waals surface area contributed by atoms with Crippen molar-refractivity contribution in [3.63, 3.8) is 0 Å². The van der Waals surface area contributed by atoms with Gasteiger partial charge in [0.25, 0.3) is 0 Å². The molecule has 1 heterocycles. The van der Waals surface area contributed by atoms with E-state index in [0.717, 1.165) is 0 Å². The van der Waals surface area contributed by atoms with E-state index in [0.29, 0.717) is 0 Å². The van der Waals surface area contributed by atoms with Gasteiger partial charge in [0.2, 0.25) is 6.10 Å². The van der Waals surface area contributed by atoms with Crippen LogP contribution >= 0.6 is 0 Å². The minimum absolute atomic E-state index is 1.26.